The molecular weight excluding hydrogens is 518 g/mol. The topological polar surface area (TPSA) is 47.6 Å². The van der Waals surface area contributed by atoms with Crippen LogP contribution in [0.2, 0.25) is 0 Å². The zero-order chi connectivity index (χ0) is 30.1. The van der Waals surface area contributed by atoms with Crippen molar-refractivity contribution in [3.63, 3.8) is 0 Å². The average Bonchev–Trinajstić information content (AvgIpc) is 2.93. The molecule has 4 heteroatoms. The normalized spacial score (nSPS) is 16.9. The molecule has 1 aliphatic rings. The first-order valence-corrected chi connectivity index (χ1v) is 15.4. The van der Waals surface area contributed by atoms with Crippen molar-refractivity contribution in [2.24, 2.45) is 0 Å². The van der Waals surface area contributed by atoms with Crippen LogP contribution in [-0.4, -0.2) is 11.7 Å². The van der Waals surface area contributed by atoms with Crippen molar-refractivity contribution in [1.82, 2.24) is 0 Å². The molecule has 1 heterocycles. The number of benzene rings is 3. The molecule has 0 fully saturated rings. The van der Waals surface area contributed by atoms with E-state index in [-0.39, 0.29) is 5.60 Å². The molecule has 42 heavy (non-hydrogen) atoms. The lowest BCUT2D eigenvalue weighted by atomic mass is 9.87. The number of hydrogen-bond acceptors (Lipinski definition) is 3. The van der Waals surface area contributed by atoms with Crippen molar-refractivity contribution in [2.75, 3.05) is 5.32 Å². The third-order valence-corrected chi connectivity index (χ3v) is 8.12. The van der Waals surface area contributed by atoms with Crippen LogP contribution in [0, 0.1) is 6.92 Å². The molecule has 4 nitrogen and oxygen atoms in total. The molecule has 1 N–H and O–H groups in total. The second-order valence-electron chi connectivity index (χ2n) is 12.3. The Hall–Kier alpha value is -3.79. The fraction of sp³-hybridized carbons (Fsp3) is 0.395. The first-order valence-electron chi connectivity index (χ1n) is 15.4. The van der Waals surface area contributed by atoms with Gasteiger partial charge >= 0.3 is 6.09 Å². The van der Waals surface area contributed by atoms with Gasteiger partial charge < -0.3 is 9.47 Å². The van der Waals surface area contributed by atoms with Gasteiger partial charge in [0, 0.05) is 5.39 Å². The minimum Gasteiger partial charge on any atom is -0.487 e. The molecule has 0 aliphatic carbocycles. The molecule has 0 saturated heterocycles. The van der Waals surface area contributed by atoms with Crippen LogP contribution in [0.15, 0.2) is 89.5 Å². The van der Waals surface area contributed by atoms with E-state index in [0.717, 1.165) is 84.7 Å². The van der Waals surface area contributed by atoms with Crippen LogP contribution >= 0.6 is 0 Å². The summed E-state index contributed by atoms with van der Waals surface area (Å²) in [6.07, 6.45) is 14.9. The van der Waals surface area contributed by atoms with E-state index in [1.54, 1.807) is 0 Å². The molecule has 1 atom stereocenters. The Kier molecular flexibility index (Phi) is 10.7. The monoisotopic (exact) mass is 565 g/mol. The van der Waals surface area contributed by atoms with Crippen LogP contribution in [0.5, 0.6) is 11.5 Å². The van der Waals surface area contributed by atoms with Gasteiger partial charge in [0.15, 0.2) is 0 Å². The molecule has 222 valence electrons. The lowest BCUT2D eigenvalue weighted by Gasteiger charge is -2.37. The molecule has 0 bridgehead atoms. The number of ether oxygens (including phenoxy) is 2. The first kappa shape index (κ1) is 31.2. The second-order valence-corrected chi connectivity index (χ2v) is 12.3. The predicted molar refractivity (Wildman–Crippen MR) is 177 cm³/mol. The van der Waals surface area contributed by atoms with Crippen molar-refractivity contribution >= 4 is 22.6 Å². The van der Waals surface area contributed by atoms with Crippen molar-refractivity contribution in [3.05, 3.63) is 101 Å². The van der Waals surface area contributed by atoms with E-state index in [0.29, 0.717) is 5.75 Å². The number of amides is 1. The molecule has 0 unspecified atom stereocenters. The maximum atomic E-state index is 12.8. The SMILES string of the molecule is CC(C)=CCC/C(C)=C/CC/C(C)=C/CC[C@]1(C)CCc2cc(OC(=O)Nc3cccc4ccccc34)cc(C)c2O1. The van der Waals surface area contributed by atoms with Crippen LogP contribution in [0.25, 0.3) is 10.8 Å². The average molecular weight is 566 g/mol. The number of hydrogen-bond donors (Lipinski definition) is 1. The maximum Gasteiger partial charge on any atom is 0.417 e. The molecule has 0 saturated carbocycles. The van der Waals surface area contributed by atoms with Gasteiger partial charge in [0.2, 0.25) is 0 Å². The standard InChI is InChI=1S/C38H47NO3/c1-27(2)13-9-14-28(3)15-10-16-29(4)17-12-23-38(6)24-22-32-26-33(25-30(5)36(32)42-38)41-37(40)39-35-21-11-19-31-18-7-8-20-34(31)35/h7-8,11,13,15,17-21,25-26H,9-10,12,14,16,22-24H2,1-6H3,(H,39,40)/b28-15+,29-17+/t38-/m1/s1. The van der Waals surface area contributed by atoms with Gasteiger partial charge in [-0.05, 0) is 128 Å². The predicted octanol–water partition coefficient (Wildman–Crippen LogP) is 11.0. The molecule has 3 aromatic carbocycles. The highest BCUT2D eigenvalue weighted by Crippen LogP contribution is 2.40. The Bertz CT molecular complexity index is 1490. The van der Waals surface area contributed by atoms with E-state index < -0.39 is 6.09 Å². The quantitative estimate of drug-likeness (QED) is 0.235. The van der Waals surface area contributed by atoms with Crippen LogP contribution in [-0.2, 0) is 6.42 Å². The van der Waals surface area contributed by atoms with Gasteiger partial charge in [-0.2, -0.15) is 0 Å². The Morgan fingerprint density at radius 3 is 2.38 bits per heavy atom. The van der Waals surface area contributed by atoms with Crippen LogP contribution in [0.4, 0.5) is 10.5 Å². The second kappa shape index (κ2) is 14.4. The largest absolute Gasteiger partial charge is 0.487 e. The van der Waals surface area contributed by atoms with E-state index in [1.807, 2.05) is 61.5 Å². The third kappa shape index (κ3) is 8.85. The fourth-order valence-corrected chi connectivity index (χ4v) is 5.61. The van der Waals surface area contributed by atoms with Gasteiger partial charge in [-0.3, -0.25) is 5.32 Å². The Balaban J connectivity index is 1.29. The number of carbonyl (C=O) groups is 1. The highest BCUT2D eigenvalue weighted by Gasteiger charge is 2.32. The molecule has 4 rings (SSSR count). The van der Waals surface area contributed by atoms with E-state index in [2.05, 4.69) is 58.2 Å². The summed E-state index contributed by atoms with van der Waals surface area (Å²) < 4.78 is 12.3. The van der Waals surface area contributed by atoms with Crippen molar-refractivity contribution < 1.29 is 14.3 Å². The summed E-state index contributed by atoms with van der Waals surface area (Å²) in [5.74, 6) is 1.47. The Morgan fingerprint density at radius 2 is 1.62 bits per heavy atom. The summed E-state index contributed by atoms with van der Waals surface area (Å²) in [5.41, 5.74) is 6.94. The summed E-state index contributed by atoms with van der Waals surface area (Å²) in [5, 5.41) is 4.95. The van der Waals surface area contributed by atoms with Gasteiger partial charge in [-0.25, -0.2) is 4.79 Å². The minimum absolute atomic E-state index is 0.204. The smallest absolute Gasteiger partial charge is 0.417 e. The van der Waals surface area contributed by atoms with Crippen molar-refractivity contribution in [1.29, 1.82) is 0 Å². The van der Waals surface area contributed by atoms with Crippen molar-refractivity contribution in [3.8, 4) is 11.5 Å². The maximum absolute atomic E-state index is 12.8. The van der Waals surface area contributed by atoms with Gasteiger partial charge in [0.1, 0.15) is 17.1 Å². The van der Waals surface area contributed by atoms with Crippen LogP contribution in [0.3, 0.4) is 0 Å². The molecule has 0 spiro atoms. The summed E-state index contributed by atoms with van der Waals surface area (Å²) in [4.78, 5) is 12.8. The number of aryl methyl sites for hydroxylation is 2. The number of rotatable bonds is 11. The van der Waals surface area contributed by atoms with Gasteiger partial charge in [0.25, 0.3) is 0 Å². The van der Waals surface area contributed by atoms with Gasteiger partial charge in [0.05, 0.1) is 5.69 Å². The zero-order valence-electron chi connectivity index (χ0n) is 26.3. The molecule has 0 radical (unpaired) electrons. The van der Waals surface area contributed by atoms with E-state index in [1.165, 1.54) is 16.7 Å². The summed E-state index contributed by atoms with van der Waals surface area (Å²) in [7, 11) is 0. The first-order chi connectivity index (χ1) is 20.1. The number of fused-ring (bicyclic) bond motifs is 2. The molecule has 1 amide bonds. The number of nitrogens with one attached hydrogen (secondary N) is 1. The summed E-state index contributed by atoms with van der Waals surface area (Å²) in [6, 6.07) is 17.7. The zero-order valence-corrected chi connectivity index (χ0v) is 26.3. The molecule has 3 aromatic rings. The van der Waals surface area contributed by atoms with Gasteiger partial charge in [-0.15, -0.1) is 0 Å². The Morgan fingerprint density at radius 1 is 0.929 bits per heavy atom. The van der Waals surface area contributed by atoms with E-state index in [4.69, 9.17) is 9.47 Å². The van der Waals surface area contributed by atoms with E-state index in [9.17, 15) is 4.79 Å². The lowest BCUT2D eigenvalue weighted by molar-refractivity contribution is 0.0561. The summed E-state index contributed by atoms with van der Waals surface area (Å²) >= 11 is 0. The molecule has 0 aromatic heterocycles. The highest BCUT2D eigenvalue weighted by atomic mass is 16.6. The minimum atomic E-state index is -0.496. The fourth-order valence-electron chi connectivity index (χ4n) is 5.61. The lowest BCUT2D eigenvalue weighted by Crippen LogP contribution is -2.36. The van der Waals surface area contributed by atoms with Crippen LogP contribution < -0.4 is 14.8 Å². The van der Waals surface area contributed by atoms with Crippen LogP contribution in [0.1, 0.15) is 90.7 Å². The van der Waals surface area contributed by atoms with E-state index >= 15 is 0 Å². The number of anilines is 1. The van der Waals surface area contributed by atoms with Gasteiger partial charge in [-0.1, -0.05) is 71.3 Å². The molecular formula is C38H47NO3. The summed E-state index contributed by atoms with van der Waals surface area (Å²) in [6.45, 7) is 13.1. The highest BCUT2D eigenvalue weighted by molar-refractivity contribution is 6.00. The number of allylic oxidation sites excluding steroid dienone is 6. The molecule has 1 aliphatic heterocycles. The number of carbonyl (C=O) groups excluding carboxylic acids is 1. The third-order valence-electron chi connectivity index (χ3n) is 8.12. The van der Waals surface area contributed by atoms with Crippen molar-refractivity contribution in [2.45, 2.75) is 98.5 Å². The Labute approximate surface area is 252 Å².